The van der Waals surface area contributed by atoms with Gasteiger partial charge < -0.3 is 15.0 Å². The molecule has 6 heteroatoms. The van der Waals surface area contributed by atoms with Crippen molar-refractivity contribution in [2.45, 2.75) is 83.6 Å². The van der Waals surface area contributed by atoms with Crippen LogP contribution >= 0.6 is 0 Å². The molecule has 0 spiro atoms. The molecule has 0 rings (SSSR count). The third-order valence-corrected chi connectivity index (χ3v) is 4.65. The molecule has 1 amide bonds. The normalized spacial score (nSPS) is 13.5. The van der Waals surface area contributed by atoms with Crippen LogP contribution in [-0.2, 0) is 20.8 Å². The maximum absolute atomic E-state index is 11.8. The van der Waals surface area contributed by atoms with Crippen molar-refractivity contribution in [3.05, 3.63) is 0 Å². The summed E-state index contributed by atoms with van der Waals surface area (Å²) in [6.45, 7) is 2.21. The molecule has 0 saturated carbocycles. The first kappa shape index (κ1) is 22.2. The van der Waals surface area contributed by atoms with Gasteiger partial charge in [-0.15, -0.1) is 0 Å². The highest BCUT2D eigenvalue weighted by molar-refractivity contribution is 7.90. The molecule has 23 heavy (non-hydrogen) atoms. The molecule has 0 saturated heterocycles. The summed E-state index contributed by atoms with van der Waals surface area (Å²) in [5, 5.41) is 11.6. The fourth-order valence-corrected chi connectivity index (χ4v) is 2.97. The molecule has 0 fully saturated rings. The summed E-state index contributed by atoms with van der Waals surface area (Å²) in [5.41, 5.74) is 0. The average Bonchev–Trinajstić information content (AvgIpc) is 2.49. The second-order valence-electron chi connectivity index (χ2n) is 6.10. The zero-order chi connectivity index (χ0) is 17.5. The van der Waals surface area contributed by atoms with Crippen molar-refractivity contribution >= 4 is 23.1 Å². The lowest BCUT2D eigenvalue weighted by Gasteiger charge is -2.14. The summed E-state index contributed by atoms with van der Waals surface area (Å²) < 4.78 is 11.0. The molecule has 0 aliphatic rings. The fraction of sp³-hybridized carbons (Fsp3) is 0.882. The lowest BCUT2D eigenvalue weighted by molar-refractivity contribution is -0.141. The highest BCUT2D eigenvalue weighted by Crippen LogP contribution is 2.10. The van der Waals surface area contributed by atoms with E-state index in [4.69, 9.17) is 5.11 Å². The van der Waals surface area contributed by atoms with Gasteiger partial charge in [0.15, 0.2) is 0 Å². The molecule has 2 atom stereocenters. The fourth-order valence-electron chi connectivity index (χ4n) is 2.40. The van der Waals surface area contributed by atoms with Crippen molar-refractivity contribution < 1.29 is 19.2 Å². The van der Waals surface area contributed by atoms with Gasteiger partial charge in [-0.3, -0.25) is 4.79 Å². The molecule has 0 aromatic heterocycles. The zero-order valence-corrected chi connectivity index (χ0v) is 15.5. The lowest BCUT2D eigenvalue weighted by Crippen LogP contribution is -2.41. The van der Waals surface area contributed by atoms with Crippen LogP contribution in [0.15, 0.2) is 0 Å². The first-order chi connectivity index (χ1) is 11.0. The lowest BCUT2D eigenvalue weighted by atomic mass is 10.1. The third-order valence-electron chi connectivity index (χ3n) is 3.83. The summed E-state index contributed by atoms with van der Waals surface area (Å²) in [4.78, 5) is 22.8. The van der Waals surface area contributed by atoms with Gasteiger partial charge in [0, 0.05) is 12.8 Å². The average molecular weight is 348 g/mol. The van der Waals surface area contributed by atoms with Crippen LogP contribution in [-0.4, -0.2) is 39.6 Å². The maximum Gasteiger partial charge on any atom is 0.326 e. The van der Waals surface area contributed by atoms with Gasteiger partial charge in [-0.2, -0.15) is 0 Å². The van der Waals surface area contributed by atoms with Gasteiger partial charge >= 0.3 is 5.97 Å². The largest absolute Gasteiger partial charge is 0.617 e. The molecule has 5 nitrogen and oxygen atoms in total. The number of nitrogens with one attached hydrogen (secondary N) is 1. The van der Waals surface area contributed by atoms with Gasteiger partial charge in [-0.25, -0.2) is 4.79 Å². The van der Waals surface area contributed by atoms with Gasteiger partial charge in [0.25, 0.3) is 0 Å². The molecule has 0 aliphatic carbocycles. The minimum Gasteiger partial charge on any atom is -0.617 e. The summed E-state index contributed by atoms with van der Waals surface area (Å²) in [6.07, 6.45) is 12.7. The molecule has 2 N–H and O–H groups in total. The van der Waals surface area contributed by atoms with E-state index in [9.17, 15) is 14.1 Å². The molecule has 0 aromatic carbocycles. The second kappa shape index (κ2) is 14.8. The monoisotopic (exact) mass is 347 g/mol. The number of rotatable bonds is 15. The molecule has 0 aliphatic heterocycles. The number of hydrogen-bond acceptors (Lipinski definition) is 3. The Balaban J connectivity index is 3.65. The first-order valence-electron chi connectivity index (χ1n) is 8.79. The SMILES string of the molecule is CCCCCCCCCCCC(=O)NC(CC[S+](C)[O-])C(=O)O. The predicted octanol–water partition coefficient (Wildman–Crippen LogP) is 3.25. The summed E-state index contributed by atoms with van der Waals surface area (Å²) >= 11 is -1.04. The Kier molecular flexibility index (Phi) is 14.3. The minimum absolute atomic E-state index is 0.210. The van der Waals surface area contributed by atoms with Crippen LogP contribution in [0.3, 0.4) is 0 Å². The molecular weight excluding hydrogens is 314 g/mol. The molecule has 136 valence electrons. The van der Waals surface area contributed by atoms with Crippen molar-refractivity contribution in [2.75, 3.05) is 12.0 Å². The van der Waals surface area contributed by atoms with E-state index in [-0.39, 0.29) is 18.1 Å². The standard InChI is InChI=1S/C17H33NO4S/c1-3-4-5-6-7-8-9-10-11-12-16(19)18-15(17(20)21)13-14-23(2)22/h15H,3-14H2,1-2H3,(H,18,19)(H,20,21). The number of amides is 1. The number of aliphatic carboxylic acids is 1. The van der Waals surface area contributed by atoms with Gasteiger partial charge in [0.1, 0.15) is 11.8 Å². The molecule has 0 aromatic rings. The quantitative estimate of drug-likeness (QED) is 0.351. The Morgan fingerprint density at radius 2 is 1.57 bits per heavy atom. The van der Waals surface area contributed by atoms with Crippen molar-refractivity contribution in [3.63, 3.8) is 0 Å². The smallest absolute Gasteiger partial charge is 0.326 e. The van der Waals surface area contributed by atoms with Crippen molar-refractivity contribution in [1.29, 1.82) is 0 Å². The number of carboxylic acids is 1. The topological polar surface area (TPSA) is 89.5 Å². The van der Waals surface area contributed by atoms with Crippen LogP contribution in [0.4, 0.5) is 0 Å². The second-order valence-corrected chi connectivity index (χ2v) is 7.66. The van der Waals surface area contributed by atoms with E-state index in [0.717, 1.165) is 19.3 Å². The molecule has 2 unspecified atom stereocenters. The molecular formula is C17H33NO4S. The van der Waals surface area contributed by atoms with E-state index in [1.54, 1.807) is 0 Å². The van der Waals surface area contributed by atoms with Crippen LogP contribution in [0.1, 0.15) is 77.6 Å². The van der Waals surface area contributed by atoms with Gasteiger partial charge in [-0.1, -0.05) is 69.5 Å². The number of carbonyl (C=O) groups excluding carboxylic acids is 1. The van der Waals surface area contributed by atoms with E-state index in [0.29, 0.717) is 6.42 Å². The first-order valence-corrected chi connectivity index (χ1v) is 10.5. The Bertz CT molecular complexity index is 324. The van der Waals surface area contributed by atoms with E-state index in [2.05, 4.69) is 12.2 Å². The van der Waals surface area contributed by atoms with Gasteiger partial charge in [0.05, 0.1) is 6.26 Å². The minimum atomic E-state index is -1.06. The number of carboxylic acid groups (broad SMARTS) is 1. The Hall–Kier alpha value is -0.750. The van der Waals surface area contributed by atoms with Crippen LogP contribution in [0.5, 0.6) is 0 Å². The van der Waals surface area contributed by atoms with Crippen LogP contribution in [0.2, 0.25) is 0 Å². The van der Waals surface area contributed by atoms with Crippen molar-refractivity contribution in [2.24, 2.45) is 0 Å². The summed E-state index contributed by atoms with van der Waals surface area (Å²) in [5.74, 6) is -0.993. The Labute approximate surface area is 143 Å². The van der Waals surface area contributed by atoms with E-state index in [1.165, 1.54) is 44.8 Å². The van der Waals surface area contributed by atoms with Crippen molar-refractivity contribution in [1.82, 2.24) is 5.32 Å². The van der Waals surface area contributed by atoms with E-state index < -0.39 is 23.2 Å². The van der Waals surface area contributed by atoms with Crippen LogP contribution < -0.4 is 5.32 Å². The number of hydrogen-bond donors (Lipinski definition) is 2. The Morgan fingerprint density at radius 3 is 2.04 bits per heavy atom. The van der Waals surface area contributed by atoms with Gasteiger partial charge in [0.2, 0.25) is 5.91 Å². The van der Waals surface area contributed by atoms with Crippen molar-refractivity contribution in [3.8, 4) is 0 Å². The molecule has 0 bridgehead atoms. The number of carbonyl (C=O) groups is 2. The summed E-state index contributed by atoms with van der Waals surface area (Å²) in [6, 6.07) is -0.926. The number of unbranched alkanes of at least 4 members (excludes halogenated alkanes) is 8. The van der Waals surface area contributed by atoms with E-state index in [1.807, 2.05) is 0 Å². The van der Waals surface area contributed by atoms with Gasteiger partial charge in [-0.05, 0) is 6.42 Å². The van der Waals surface area contributed by atoms with E-state index >= 15 is 0 Å². The Morgan fingerprint density at radius 1 is 1.04 bits per heavy atom. The molecule has 0 radical (unpaired) electrons. The summed E-state index contributed by atoms with van der Waals surface area (Å²) in [7, 11) is 0. The predicted molar refractivity (Wildman–Crippen MR) is 95.0 cm³/mol. The maximum atomic E-state index is 11.8. The molecule has 0 heterocycles. The highest BCUT2D eigenvalue weighted by atomic mass is 32.2. The third kappa shape index (κ3) is 14.6. The zero-order valence-electron chi connectivity index (χ0n) is 14.6. The van der Waals surface area contributed by atoms with Crippen LogP contribution in [0.25, 0.3) is 0 Å². The van der Waals surface area contributed by atoms with Crippen LogP contribution in [0, 0.1) is 0 Å². The highest BCUT2D eigenvalue weighted by Gasteiger charge is 2.21.